The third-order valence-corrected chi connectivity index (χ3v) is 8.03. The molecule has 4 aromatic rings. The maximum Gasteiger partial charge on any atom is 0.319 e. The number of rotatable bonds is 6. The smallest absolute Gasteiger partial charge is 0.319 e. The summed E-state index contributed by atoms with van der Waals surface area (Å²) in [6.07, 6.45) is 2.13. The van der Waals surface area contributed by atoms with Crippen LogP contribution in [0.1, 0.15) is 12.8 Å². The van der Waals surface area contributed by atoms with Crippen molar-refractivity contribution in [2.24, 2.45) is 0 Å². The fraction of sp³-hybridized carbons (Fsp3) is 0.375. The van der Waals surface area contributed by atoms with E-state index in [-0.39, 0.29) is 49.5 Å². The summed E-state index contributed by atoms with van der Waals surface area (Å²) in [4.78, 5) is 15.5. The van der Waals surface area contributed by atoms with Crippen LogP contribution in [0.2, 0.25) is 5.02 Å². The zero-order valence-electron chi connectivity index (χ0n) is 19.4. The van der Waals surface area contributed by atoms with Crippen LogP contribution < -0.4 is 21.1 Å². The second-order valence-corrected chi connectivity index (χ2v) is 10.6. The summed E-state index contributed by atoms with van der Waals surface area (Å²) < 4.78 is 36.8. The summed E-state index contributed by atoms with van der Waals surface area (Å²) in [6, 6.07) is 4.84. The van der Waals surface area contributed by atoms with Gasteiger partial charge in [0, 0.05) is 35.6 Å². The summed E-state index contributed by atoms with van der Waals surface area (Å²) in [6.45, 7) is 2.95. The molecule has 1 atom stereocenters. The van der Waals surface area contributed by atoms with Crippen LogP contribution in [0.3, 0.4) is 0 Å². The van der Waals surface area contributed by atoms with Gasteiger partial charge in [-0.25, -0.2) is 13.8 Å². The molecule has 2 aromatic carbocycles. The molecule has 4 N–H and O–H groups in total. The summed E-state index contributed by atoms with van der Waals surface area (Å²) in [7, 11) is 2.06. The van der Waals surface area contributed by atoms with E-state index in [4.69, 9.17) is 22.1 Å². The van der Waals surface area contributed by atoms with Crippen LogP contribution in [0, 0.1) is 11.6 Å². The number of nitrogens with one attached hydrogen (secondary N) is 2. The second kappa shape index (κ2) is 9.22. The largest absolute Gasteiger partial charge is 0.462 e. The van der Waals surface area contributed by atoms with E-state index in [0.717, 1.165) is 43.8 Å². The van der Waals surface area contributed by atoms with Crippen molar-refractivity contribution in [1.82, 2.24) is 25.2 Å². The molecule has 0 amide bonds. The molecule has 2 aliphatic heterocycles. The number of fused-ring (bicyclic) bond motifs is 2. The molecule has 2 aromatic heterocycles. The van der Waals surface area contributed by atoms with Gasteiger partial charge in [0.2, 0.25) is 0 Å². The fourth-order valence-corrected chi connectivity index (χ4v) is 5.79. The van der Waals surface area contributed by atoms with Gasteiger partial charge in [0.15, 0.2) is 10.9 Å². The molecular formula is C24H24ClF2N7OS. The molecule has 2 aliphatic rings. The Hall–Kier alpha value is -2.86. The van der Waals surface area contributed by atoms with E-state index < -0.39 is 11.6 Å². The van der Waals surface area contributed by atoms with Crippen LogP contribution in [-0.4, -0.2) is 65.2 Å². The third-order valence-electron chi connectivity index (χ3n) is 6.84. The van der Waals surface area contributed by atoms with Crippen LogP contribution in [0.5, 0.6) is 6.01 Å². The standard InChI is InChI=1S/C24H24ClF2N7OS/c1-34-6-2-3-12(34)10-35-24-32-19-14(22(33-24)30-11-8-29-9-11)7-15(25)17(18(19)27)13-4-5-16(26)21-20(13)31-23(28)36-21/h4-5,7,11-12,29H,2-3,6,8-10H2,1H3,(H2,28,31)(H,30,32,33). The zero-order valence-corrected chi connectivity index (χ0v) is 21.0. The molecule has 188 valence electrons. The number of ether oxygens (including phenoxy) is 1. The van der Waals surface area contributed by atoms with Crippen molar-refractivity contribution >= 4 is 55.0 Å². The van der Waals surface area contributed by atoms with E-state index in [9.17, 15) is 4.39 Å². The summed E-state index contributed by atoms with van der Waals surface area (Å²) in [5, 5.41) is 7.31. The first-order chi connectivity index (χ1) is 17.4. The highest BCUT2D eigenvalue weighted by atomic mass is 35.5. The summed E-state index contributed by atoms with van der Waals surface area (Å²) in [5.74, 6) is -0.677. The molecule has 8 nitrogen and oxygen atoms in total. The first-order valence-electron chi connectivity index (χ1n) is 11.7. The van der Waals surface area contributed by atoms with Crippen LogP contribution >= 0.6 is 22.9 Å². The Morgan fingerprint density at radius 2 is 2.08 bits per heavy atom. The van der Waals surface area contributed by atoms with Crippen molar-refractivity contribution in [1.29, 1.82) is 0 Å². The lowest BCUT2D eigenvalue weighted by Crippen LogP contribution is -2.51. The topological polar surface area (TPSA) is 101 Å². The molecule has 0 radical (unpaired) electrons. The van der Waals surface area contributed by atoms with Gasteiger partial charge in [0.25, 0.3) is 0 Å². The van der Waals surface area contributed by atoms with E-state index in [1.807, 2.05) is 0 Å². The first-order valence-corrected chi connectivity index (χ1v) is 12.9. The van der Waals surface area contributed by atoms with Gasteiger partial charge < -0.3 is 26.0 Å². The number of hydrogen-bond acceptors (Lipinski definition) is 9. The van der Waals surface area contributed by atoms with E-state index in [2.05, 4.69) is 37.5 Å². The second-order valence-electron chi connectivity index (χ2n) is 9.21. The Morgan fingerprint density at radius 1 is 1.25 bits per heavy atom. The number of thiazole rings is 1. The van der Waals surface area contributed by atoms with Gasteiger partial charge in [-0.15, -0.1) is 0 Å². The molecule has 36 heavy (non-hydrogen) atoms. The SMILES string of the molecule is CN1CCCC1COc1nc(NC2CNC2)c2cc(Cl)c(-c3ccc(F)c4sc(N)nc34)c(F)c2n1. The van der Waals surface area contributed by atoms with Gasteiger partial charge in [0.1, 0.15) is 23.8 Å². The lowest BCUT2D eigenvalue weighted by Gasteiger charge is -2.29. The highest BCUT2D eigenvalue weighted by molar-refractivity contribution is 7.22. The van der Waals surface area contributed by atoms with E-state index >= 15 is 4.39 Å². The number of likely N-dealkylation sites (tertiary alicyclic amines) is 1. The zero-order chi connectivity index (χ0) is 25.0. The van der Waals surface area contributed by atoms with Gasteiger partial charge in [-0.05, 0) is 44.6 Å². The van der Waals surface area contributed by atoms with Crippen LogP contribution in [0.25, 0.3) is 32.2 Å². The predicted octanol–water partition coefficient (Wildman–Crippen LogP) is 4.28. The lowest BCUT2D eigenvalue weighted by atomic mass is 10.0. The summed E-state index contributed by atoms with van der Waals surface area (Å²) >= 11 is 7.63. The lowest BCUT2D eigenvalue weighted by molar-refractivity contribution is 0.188. The Labute approximate surface area is 214 Å². The molecule has 0 saturated carbocycles. The minimum atomic E-state index is -0.656. The average Bonchev–Trinajstić information content (AvgIpc) is 3.42. The van der Waals surface area contributed by atoms with Crippen molar-refractivity contribution < 1.29 is 13.5 Å². The summed E-state index contributed by atoms with van der Waals surface area (Å²) in [5.41, 5.74) is 6.58. The number of nitrogens with zero attached hydrogens (tertiary/aromatic N) is 4. The number of anilines is 2. The maximum absolute atomic E-state index is 16.2. The maximum atomic E-state index is 16.2. The normalized spacial score (nSPS) is 18.7. The van der Waals surface area contributed by atoms with Crippen LogP contribution in [-0.2, 0) is 0 Å². The highest BCUT2D eigenvalue weighted by Crippen LogP contribution is 2.42. The number of likely N-dealkylation sites (N-methyl/N-ethyl adjacent to an activating group) is 1. The molecular weight excluding hydrogens is 508 g/mol. The molecule has 6 rings (SSSR count). The van der Waals surface area contributed by atoms with Crippen molar-refractivity contribution in [3.63, 3.8) is 0 Å². The number of aromatic nitrogens is 3. The van der Waals surface area contributed by atoms with Gasteiger partial charge >= 0.3 is 6.01 Å². The molecule has 0 aliphatic carbocycles. The molecule has 1 unspecified atom stereocenters. The van der Waals surface area contributed by atoms with E-state index in [1.54, 1.807) is 6.07 Å². The average molecular weight is 532 g/mol. The van der Waals surface area contributed by atoms with Gasteiger partial charge in [0.05, 0.1) is 21.3 Å². The number of hydrogen-bond donors (Lipinski definition) is 3. The predicted molar refractivity (Wildman–Crippen MR) is 139 cm³/mol. The number of nitrogen functional groups attached to an aromatic ring is 1. The first kappa shape index (κ1) is 23.5. The Bertz CT molecular complexity index is 1480. The van der Waals surface area contributed by atoms with E-state index in [1.165, 1.54) is 12.1 Å². The van der Waals surface area contributed by atoms with Gasteiger partial charge in [-0.2, -0.15) is 9.97 Å². The Balaban J connectivity index is 1.48. The highest BCUT2D eigenvalue weighted by Gasteiger charge is 2.26. The molecule has 2 fully saturated rings. The van der Waals surface area contributed by atoms with Crippen molar-refractivity contribution in [3.8, 4) is 17.1 Å². The van der Waals surface area contributed by atoms with Crippen molar-refractivity contribution in [2.75, 3.05) is 44.3 Å². The van der Waals surface area contributed by atoms with Gasteiger partial charge in [-0.3, -0.25) is 0 Å². The van der Waals surface area contributed by atoms with Gasteiger partial charge in [-0.1, -0.05) is 22.9 Å². The van der Waals surface area contributed by atoms with Crippen molar-refractivity contribution in [2.45, 2.75) is 24.9 Å². The minimum absolute atomic E-state index is 0.0645. The molecule has 12 heteroatoms. The fourth-order valence-electron chi connectivity index (χ4n) is 4.74. The molecule has 0 bridgehead atoms. The monoisotopic (exact) mass is 531 g/mol. The number of halogens is 3. The number of benzene rings is 2. The number of nitrogens with two attached hydrogens (primary N) is 1. The molecule has 0 spiro atoms. The van der Waals surface area contributed by atoms with Crippen molar-refractivity contribution in [3.05, 3.63) is 34.9 Å². The molecule has 4 heterocycles. The molecule has 2 saturated heterocycles. The third kappa shape index (κ3) is 4.09. The van der Waals surface area contributed by atoms with Crippen LogP contribution in [0.4, 0.5) is 19.7 Å². The Morgan fingerprint density at radius 3 is 2.81 bits per heavy atom. The minimum Gasteiger partial charge on any atom is -0.462 e. The van der Waals surface area contributed by atoms with E-state index in [0.29, 0.717) is 23.4 Å². The van der Waals surface area contributed by atoms with Crippen LogP contribution in [0.15, 0.2) is 18.2 Å². The Kier molecular flexibility index (Phi) is 6.03. The quantitative estimate of drug-likeness (QED) is 0.339.